The number of aromatic nitrogens is 2. The number of rotatable bonds is 4. The fourth-order valence-corrected chi connectivity index (χ4v) is 3.66. The van der Waals surface area contributed by atoms with Crippen LogP contribution in [0.2, 0.25) is 0 Å². The molecule has 30 heavy (non-hydrogen) atoms. The Hall–Kier alpha value is -2.67. The minimum atomic E-state index is -0.381. The lowest BCUT2D eigenvalue weighted by atomic mass is 10.1. The number of carbonyl (C=O) groups is 1. The molecule has 0 aliphatic rings. The van der Waals surface area contributed by atoms with Crippen molar-refractivity contribution in [3.8, 4) is 5.69 Å². The van der Waals surface area contributed by atoms with Crippen molar-refractivity contribution in [2.45, 2.75) is 45.7 Å². The third-order valence-corrected chi connectivity index (χ3v) is 5.37. The standard InChI is InChI=1S/C23H27BrN4O2/c1-6-19(27(5)22(30)26-23(2,3)4)20-25-18-10-8-7-9-17(18)21(29)28(20)16-13-11-15(24)12-14-16/h7-14,19H,6H2,1-5H3,(H,26,30). The first-order chi connectivity index (χ1) is 14.1. The highest BCUT2D eigenvalue weighted by molar-refractivity contribution is 9.10. The summed E-state index contributed by atoms with van der Waals surface area (Å²) in [6, 6.07) is 14.2. The summed E-state index contributed by atoms with van der Waals surface area (Å²) in [5.41, 5.74) is 0.806. The molecule has 1 atom stereocenters. The number of hydrogen-bond donors (Lipinski definition) is 1. The fraction of sp³-hybridized carbons (Fsp3) is 0.348. The van der Waals surface area contributed by atoms with E-state index in [0.717, 1.165) is 4.47 Å². The molecule has 0 fully saturated rings. The van der Waals surface area contributed by atoms with Gasteiger partial charge in [-0.05, 0) is 63.6 Å². The summed E-state index contributed by atoms with van der Waals surface area (Å²) in [6.07, 6.45) is 0.607. The summed E-state index contributed by atoms with van der Waals surface area (Å²) in [5.74, 6) is 0.537. The van der Waals surface area contributed by atoms with E-state index in [0.29, 0.717) is 28.8 Å². The van der Waals surface area contributed by atoms with Crippen LogP contribution in [0.3, 0.4) is 0 Å². The van der Waals surface area contributed by atoms with E-state index in [1.165, 1.54) is 0 Å². The van der Waals surface area contributed by atoms with Crippen molar-refractivity contribution in [2.75, 3.05) is 7.05 Å². The van der Waals surface area contributed by atoms with Gasteiger partial charge in [0.2, 0.25) is 0 Å². The molecule has 0 saturated heterocycles. The molecule has 0 spiro atoms. The van der Waals surface area contributed by atoms with Gasteiger partial charge in [0.15, 0.2) is 0 Å². The molecule has 0 aliphatic carbocycles. The van der Waals surface area contributed by atoms with Crippen LogP contribution in [0.5, 0.6) is 0 Å². The van der Waals surface area contributed by atoms with Crippen LogP contribution in [-0.4, -0.2) is 33.1 Å². The fourth-order valence-electron chi connectivity index (χ4n) is 3.39. The SMILES string of the molecule is CCC(c1nc2ccccc2c(=O)n1-c1ccc(Br)cc1)N(C)C(=O)NC(C)(C)C. The number of fused-ring (bicyclic) bond motifs is 1. The van der Waals surface area contributed by atoms with Crippen molar-refractivity contribution in [1.29, 1.82) is 0 Å². The van der Waals surface area contributed by atoms with Gasteiger partial charge in [0.25, 0.3) is 5.56 Å². The maximum atomic E-state index is 13.5. The highest BCUT2D eigenvalue weighted by atomic mass is 79.9. The van der Waals surface area contributed by atoms with Crippen LogP contribution in [0.15, 0.2) is 57.8 Å². The van der Waals surface area contributed by atoms with Gasteiger partial charge >= 0.3 is 6.03 Å². The van der Waals surface area contributed by atoms with Crippen LogP contribution in [0.1, 0.15) is 46.0 Å². The van der Waals surface area contributed by atoms with Crippen molar-refractivity contribution in [3.63, 3.8) is 0 Å². The summed E-state index contributed by atoms with van der Waals surface area (Å²) in [5, 5.41) is 3.53. The van der Waals surface area contributed by atoms with Gasteiger partial charge in [-0.1, -0.05) is 35.0 Å². The lowest BCUT2D eigenvalue weighted by Gasteiger charge is -2.32. The number of benzene rings is 2. The third-order valence-electron chi connectivity index (χ3n) is 4.84. The van der Waals surface area contributed by atoms with Gasteiger partial charge in [-0.25, -0.2) is 9.78 Å². The number of nitrogens with zero attached hydrogens (tertiary/aromatic N) is 3. The van der Waals surface area contributed by atoms with Crippen LogP contribution in [0.4, 0.5) is 4.79 Å². The average Bonchev–Trinajstić information content (AvgIpc) is 2.68. The monoisotopic (exact) mass is 470 g/mol. The minimum Gasteiger partial charge on any atom is -0.333 e. The normalized spacial score (nSPS) is 12.6. The first-order valence-electron chi connectivity index (χ1n) is 9.95. The molecule has 1 N–H and O–H groups in total. The van der Waals surface area contributed by atoms with Crippen LogP contribution in [0, 0.1) is 0 Å². The highest BCUT2D eigenvalue weighted by Gasteiger charge is 2.28. The van der Waals surface area contributed by atoms with Gasteiger partial charge in [-0.2, -0.15) is 0 Å². The summed E-state index contributed by atoms with van der Waals surface area (Å²) in [6.45, 7) is 7.79. The number of nitrogens with one attached hydrogen (secondary N) is 1. The Kier molecular flexibility index (Phi) is 6.31. The molecule has 1 heterocycles. The Labute approximate surface area is 185 Å². The molecule has 3 aromatic rings. The van der Waals surface area contributed by atoms with Crippen molar-refractivity contribution in [2.24, 2.45) is 0 Å². The molecule has 3 rings (SSSR count). The Morgan fingerprint density at radius 2 is 1.80 bits per heavy atom. The van der Waals surface area contributed by atoms with Crippen molar-refractivity contribution >= 4 is 32.9 Å². The maximum Gasteiger partial charge on any atom is 0.318 e. The molecule has 0 aliphatic heterocycles. The second-order valence-corrected chi connectivity index (χ2v) is 9.23. The number of halogens is 1. The molecule has 6 nitrogen and oxygen atoms in total. The molecule has 0 saturated carbocycles. The van der Waals surface area contributed by atoms with E-state index in [1.54, 1.807) is 22.6 Å². The molecule has 0 radical (unpaired) electrons. The second kappa shape index (κ2) is 8.60. The van der Waals surface area contributed by atoms with Gasteiger partial charge in [-0.15, -0.1) is 0 Å². The average molecular weight is 471 g/mol. The van der Waals surface area contributed by atoms with Crippen molar-refractivity contribution in [1.82, 2.24) is 19.8 Å². The van der Waals surface area contributed by atoms with Crippen molar-refractivity contribution in [3.05, 3.63) is 69.2 Å². The summed E-state index contributed by atoms with van der Waals surface area (Å²) >= 11 is 3.44. The first-order valence-corrected chi connectivity index (χ1v) is 10.7. The molecule has 7 heteroatoms. The van der Waals surface area contributed by atoms with E-state index in [1.807, 2.05) is 70.2 Å². The summed E-state index contributed by atoms with van der Waals surface area (Å²) in [4.78, 5) is 32.8. The third kappa shape index (κ3) is 4.56. The zero-order chi connectivity index (χ0) is 22.1. The summed E-state index contributed by atoms with van der Waals surface area (Å²) in [7, 11) is 1.74. The molecule has 158 valence electrons. The smallest absolute Gasteiger partial charge is 0.318 e. The Bertz CT molecular complexity index is 1120. The van der Waals surface area contributed by atoms with E-state index >= 15 is 0 Å². The molecule has 2 aromatic carbocycles. The van der Waals surface area contributed by atoms with Crippen LogP contribution in [-0.2, 0) is 0 Å². The Morgan fingerprint density at radius 1 is 1.17 bits per heavy atom. The van der Waals surface area contributed by atoms with E-state index in [-0.39, 0.29) is 23.2 Å². The van der Waals surface area contributed by atoms with Gasteiger partial charge in [0.1, 0.15) is 5.82 Å². The quantitative estimate of drug-likeness (QED) is 0.580. The first kappa shape index (κ1) is 22.0. The number of urea groups is 1. The molecule has 2 amide bonds. The van der Waals surface area contributed by atoms with Gasteiger partial charge in [0, 0.05) is 17.1 Å². The zero-order valence-corrected chi connectivity index (χ0v) is 19.5. The van der Waals surface area contributed by atoms with Crippen LogP contribution >= 0.6 is 15.9 Å². The van der Waals surface area contributed by atoms with Gasteiger partial charge < -0.3 is 10.2 Å². The van der Waals surface area contributed by atoms with E-state index in [9.17, 15) is 9.59 Å². The lowest BCUT2D eigenvalue weighted by Crippen LogP contribution is -2.48. The van der Waals surface area contributed by atoms with Gasteiger partial charge in [-0.3, -0.25) is 9.36 Å². The topological polar surface area (TPSA) is 67.2 Å². The predicted molar refractivity (Wildman–Crippen MR) is 124 cm³/mol. The second-order valence-electron chi connectivity index (χ2n) is 8.32. The van der Waals surface area contributed by atoms with E-state index < -0.39 is 0 Å². The van der Waals surface area contributed by atoms with Crippen LogP contribution in [0.25, 0.3) is 16.6 Å². The largest absolute Gasteiger partial charge is 0.333 e. The number of amides is 2. The molecular weight excluding hydrogens is 444 g/mol. The highest BCUT2D eigenvalue weighted by Crippen LogP contribution is 2.25. The number of carbonyl (C=O) groups excluding carboxylic acids is 1. The molecular formula is C23H27BrN4O2. The molecule has 1 aromatic heterocycles. The van der Waals surface area contributed by atoms with Crippen molar-refractivity contribution < 1.29 is 4.79 Å². The lowest BCUT2D eigenvalue weighted by molar-refractivity contribution is 0.176. The minimum absolute atomic E-state index is 0.152. The van der Waals surface area contributed by atoms with E-state index in [4.69, 9.17) is 4.98 Å². The van der Waals surface area contributed by atoms with Gasteiger partial charge in [0.05, 0.1) is 22.6 Å². The number of hydrogen-bond acceptors (Lipinski definition) is 3. The van der Waals surface area contributed by atoms with Crippen LogP contribution < -0.4 is 10.9 Å². The molecule has 0 bridgehead atoms. The van der Waals surface area contributed by atoms with E-state index in [2.05, 4.69) is 21.2 Å². The Balaban J connectivity index is 2.22. The zero-order valence-electron chi connectivity index (χ0n) is 17.9. The summed E-state index contributed by atoms with van der Waals surface area (Å²) < 4.78 is 2.53. The predicted octanol–water partition coefficient (Wildman–Crippen LogP) is 5.04. The molecule has 1 unspecified atom stereocenters. The Morgan fingerprint density at radius 3 is 2.40 bits per heavy atom. The maximum absolute atomic E-state index is 13.5. The number of para-hydroxylation sites is 1.